The van der Waals surface area contributed by atoms with Gasteiger partial charge < -0.3 is 0 Å². The van der Waals surface area contributed by atoms with Crippen molar-refractivity contribution in [2.45, 2.75) is 43.0 Å². The molecule has 0 bridgehead atoms. The van der Waals surface area contributed by atoms with Crippen LogP contribution in [0.5, 0.6) is 0 Å². The van der Waals surface area contributed by atoms with Gasteiger partial charge >= 0.3 is 5.51 Å². The molecule has 0 saturated carbocycles. The summed E-state index contributed by atoms with van der Waals surface area (Å²) in [5.41, 5.74) is -3.44. The molecule has 1 rings (SSSR count). The zero-order valence-corrected chi connectivity index (χ0v) is 9.92. The monoisotopic (exact) mass is 247 g/mol. The van der Waals surface area contributed by atoms with E-state index in [-0.39, 0.29) is 16.7 Å². The van der Waals surface area contributed by atoms with Gasteiger partial charge in [0.2, 0.25) is 0 Å². The summed E-state index contributed by atoms with van der Waals surface area (Å²) in [7, 11) is 0. The van der Waals surface area contributed by atoms with Gasteiger partial charge in [0.05, 0.1) is 0 Å². The molecule has 0 amide bonds. The first-order chi connectivity index (χ1) is 7.53. The molecule has 0 aliphatic carbocycles. The highest BCUT2D eigenvalue weighted by molar-refractivity contribution is 8.00. The molecule has 0 saturated heterocycles. The van der Waals surface area contributed by atoms with Gasteiger partial charge in [-0.1, -0.05) is 31.9 Å². The standard InChI is InChI=1S/C12H14F3S/c1-2-3-4-7-10-8-5-6-9-11(10)16-12(13,14)15/h5,8-9H,2-4,7H2,1H3. The number of hydrogen-bond acceptors (Lipinski definition) is 1. The van der Waals surface area contributed by atoms with E-state index < -0.39 is 5.51 Å². The van der Waals surface area contributed by atoms with Crippen LogP contribution in [0.1, 0.15) is 31.7 Å². The van der Waals surface area contributed by atoms with Crippen molar-refractivity contribution in [1.82, 2.24) is 0 Å². The fraction of sp³-hybridized carbons (Fsp3) is 0.500. The lowest BCUT2D eigenvalue weighted by Gasteiger charge is -2.10. The third-order valence-corrected chi connectivity index (χ3v) is 3.02. The molecule has 0 heterocycles. The highest BCUT2D eigenvalue weighted by Gasteiger charge is 2.30. The highest BCUT2D eigenvalue weighted by atomic mass is 32.2. The molecule has 0 unspecified atom stereocenters. The lowest BCUT2D eigenvalue weighted by atomic mass is 10.1. The first-order valence-electron chi connectivity index (χ1n) is 5.27. The summed E-state index contributed by atoms with van der Waals surface area (Å²) in [6, 6.07) is 7.50. The van der Waals surface area contributed by atoms with Gasteiger partial charge in [0.15, 0.2) is 0 Å². The SMILES string of the molecule is CCCCCc1cc[c]cc1SC(F)(F)F. The van der Waals surface area contributed by atoms with E-state index in [2.05, 4.69) is 13.0 Å². The van der Waals surface area contributed by atoms with Crippen LogP contribution in [-0.4, -0.2) is 5.51 Å². The van der Waals surface area contributed by atoms with Crippen LogP contribution < -0.4 is 0 Å². The van der Waals surface area contributed by atoms with E-state index in [4.69, 9.17) is 0 Å². The van der Waals surface area contributed by atoms with Crippen molar-refractivity contribution in [3.63, 3.8) is 0 Å². The van der Waals surface area contributed by atoms with E-state index in [1.165, 1.54) is 6.07 Å². The summed E-state index contributed by atoms with van der Waals surface area (Å²) in [5, 5.41) is 0. The van der Waals surface area contributed by atoms with Gasteiger partial charge in [-0.15, -0.1) is 0 Å². The highest BCUT2D eigenvalue weighted by Crippen LogP contribution is 2.38. The van der Waals surface area contributed by atoms with E-state index >= 15 is 0 Å². The summed E-state index contributed by atoms with van der Waals surface area (Å²) < 4.78 is 36.8. The quantitative estimate of drug-likeness (QED) is 0.530. The summed E-state index contributed by atoms with van der Waals surface area (Å²) in [6.07, 6.45) is 3.77. The normalized spacial score (nSPS) is 11.8. The van der Waals surface area contributed by atoms with Crippen LogP contribution in [0.4, 0.5) is 13.2 Å². The number of benzene rings is 1. The van der Waals surface area contributed by atoms with E-state index in [1.54, 1.807) is 12.1 Å². The number of alkyl halides is 3. The summed E-state index contributed by atoms with van der Waals surface area (Å²) >= 11 is -0.0458. The Kier molecular flexibility index (Phi) is 5.19. The van der Waals surface area contributed by atoms with Gasteiger partial charge in [0.25, 0.3) is 0 Å². The van der Waals surface area contributed by atoms with Crippen molar-refractivity contribution >= 4 is 11.8 Å². The molecule has 0 N–H and O–H groups in total. The van der Waals surface area contributed by atoms with Crippen LogP contribution in [-0.2, 0) is 6.42 Å². The maximum atomic E-state index is 12.3. The second-order valence-corrected chi connectivity index (χ2v) is 4.65. The van der Waals surface area contributed by atoms with Gasteiger partial charge in [-0.25, -0.2) is 0 Å². The Balaban J connectivity index is 2.68. The van der Waals surface area contributed by atoms with E-state index in [0.29, 0.717) is 6.42 Å². The molecule has 0 aromatic heterocycles. The summed E-state index contributed by atoms with van der Waals surface area (Å²) in [6.45, 7) is 2.07. The number of unbranched alkanes of at least 4 members (excludes halogenated alkanes) is 2. The average Bonchev–Trinajstić information content (AvgIpc) is 2.19. The maximum Gasteiger partial charge on any atom is 0.446 e. The molecule has 1 aromatic rings. The number of thioether (sulfide) groups is 1. The van der Waals surface area contributed by atoms with Crippen molar-refractivity contribution in [1.29, 1.82) is 0 Å². The number of halogens is 3. The van der Waals surface area contributed by atoms with E-state index in [0.717, 1.165) is 24.8 Å². The number of rotatable bonds is 5. The Morgan fingerprint density at radius 3 is 2.69 bits per heavy atom. The van der Waals surface area contributed by atoms with Crippen LogP contribution in [0.3, 0.4) is 0 Å². The summed E-state index contributed by atoms with van der Waals surface area (Å²) in [4.78, 5) is 0.283. The zero-order valence-electron chi connectivity index (χ0n) is 9.10. The molecule has 0 atom stereocenters. The predicted molar refractivity (Wildman–Crippen MR) is 60.4 cm³/mol. The smallest absolute Gasteiger partial charge is 0.160 e. The molecular formula is C12H14F3S. The largest absolute Gasteiger partial charge is 0.446 e. The molecule has 0 nitrogen and oxygen atoms in total. The Morgan fingerprint density at radius 1 is 1.31 bits per heavy atom. The lowest BCUT2D eigenvalue weighted by molar-refractivity contribution is -0.0328. The van der Waals surface area contributed by atoms with Crippen molar-refractivity contribution in [2.75, 3.05) is 0 Å². The number of hydrogen-bond donors (Lipinski definition) is 0. The Labute approximate surface area is 98.2 Å². The van der Waals surface area contributed by atoms with Gasteiger partial charge in [0, 0.05) is 4.90 Å². The molecule has 16 heavy (non-hydrogen) atoms. The second kappa shape index (κ2) is 6.18. The Morgan fingerprint density at radius 2 is 2.06 bits per heavy atom. The molecule has 89 valence electrons. The maximum absolute atomic E-state index is 12.3. The van der Waals surface area contributed by atoms with Gasteiger partial charge in [-0.05, 0) is 42.3 Å². The minimum Gasteiger partial charge on any atom is -0.160 e. The van der Waals surface area contributed by atoms with Crippen molar-refractivity contribution in [3.05, 3.63) is 29.8 Å². The number of aryl methyl sites for hydroxylation is 1. The van der Waals surface area contributed by atoms with Crippen molar-refractivity contribution < 1.29 is 13.2 Å². The second-order valence-electron chi connectivity index (χ2n) is 3.54. The van der Waals surface area contributed by atoms with Gasteiger partial charge in [0.1, 0.15) is 0 Å². The van der Waals surface area contributed by atoms with Crippen LogP contribution >= 0.6 is 11.8 Å². The summed E-state index contributed by atoms with van der Waals surface area (Å²) in [5.74, 6) is 0. The van der Waals surface area contributed by atoms with Gasteiger partial charge in [-0.3, -0.25) is 0 Å². The fourth-order valence-electron chi connectivity index (χ4n) is 1.44. The molecular weight excluding hydrogens is 233 g/mol. The first-order valence-corrected chi connectivity index (χ1v) is 6.09. The molecule has 0 fully saturated rings. The Hall–Kier alpha value is -0.640. The van der Waals surface area contributed by atoms with Crippen LogP contribution in [0.15, 0.2) is 23.1 Å². The molecule has 4 heteroatoms. The van der Waals surface area contributed by atoms with E-state index in [9.17, 15) is 13.2 Å². The molecule has 1 radical (unpaired) electrons. The minimum absolute atomic E-state index is 0.0458. The third kappa shape index (κ3) is 4.92. The molecule has 0 aliphatic heterocycles. The predicted octanol–water partition coefficient (Wildman–Crippen LogP) is 4.83. The minimum atomic E-state index is -4.21. The van der Waals surface area contributed by atoms with Crippen molar-refractivity contribution in [2.24, 2.45) is 0 Å². The Bertz CT molecular complexity index is 320. The van der Waals surface area contributed by atoms with Crippen LogP contribution in [0.25, 0.3) is 0 Å². The van der Waals surface area contributed by atoms with Crippen LogP contribution in [0, 0.1) is 6.07 Å². The molecule has 1 aromatic carbocycles. The van der Waals surface area contributed by atoms with Crippen molar-refractivity contribution in [3.8, 4) is 0 Å². The zero-order chi connectivity index (χ0) is 12.0. The molecule has 0 aliphatic rings. The third-order valence-electron chi connectivity index (χ3n) is 2.19. The van der Waals surface area contributed by atoms with Gasteiger partial charge in [-0.2, -0.15) is 13.2 Å². The van der Waals surface area contributed by atoms with Crippen LogP contribution in [0.2, 0.25) is 0 Å². The lowest BCUT2D eigenvalue weighted by Crippen LogP contribution is -2.01. The average molecular weight is 247 g/mol. The topological polar surface area (TPSA) is 0 Å². The fourth-order valence-corrected chi connectivity index (χ4v) is 2.12. The molecule has 0 spiro atoms. The van der Waals surface area contributed by atoms with E-state index in [1.807, 2.05) is 0 Å². The first kappa shape index (κ1) is 13.4.